The Morgan fingerprint density at radius 3 is 2.43 bits per heavy atom. The molecule has 0 unspecified atom stereocenters. The Hall–Kier alpha value is -1.53. The summed E-state index contributed by atoms with van der Waals surface area (Å²) in [7, 11) is 1.58. The number of aromatic nitrogens is 2. The lowest BCUT2D eigenvalue weighted by Gasteiger charge is -2.16. The molecule has 192 valence electrons. The summed E-state index contributed by atoms with van der Waals surface area (Å²) in [6.45, 7) is 2.37. The molecule has 0 bridgehead atoms. The Bertz CT molecular complexity index is 1570. The summed E-state index contributed by atoms with van der Waals surface area (Å²) in [5.74, 6) is 1.66. The molecule has 6 nitrogen and oxygen atoms in total. The third-order valence-electron chi connectivity index (χ3n) is 5.42. The van der Waals surface area contributed by atoms with Crippen molar-refractivity contribution in [2.75, 3.05) is 7.11 Å². The third-order valence-corrected chi connectivity index (χ3v) is 9.29. The topological polar surface area (TPSA) is 65.7 Å². The number of benzene rings is 3. The lowest BCUT2D eigenvalue weighted by Crippen LogP contribution is -2.22. The second kappa shape index (κ2) is 12.5. The van der Waals surface area contributed by atoms with E-state index in [0.717, 1.165) is 25.4 Å². The quantitative estimate of drug-likeness (QED) is 0.167. The lowest BCUT2D eigenvalue weighted by molar-refractivity contribution is 0.281. The van der Waals surface area contributed by atoms with Crippen LogP contribution in [0.2, 0.25) is 0 Å². The highest BCUT2D eigenvalue weighted by atomic mass is 79.9. The second-order valence-corrected chi connectivity index (χ2v) is 12.2. The summed E-state index contributed by atoms with van der Waals surface area (Å²) in [5, 5.41) is 5.03. The van der Waals surface area contributed by atoms with Crippen molar-refractivity contribution in [3.8, 4) is 11.5 Å². The maximum Gasteiger partial charge on any atom is 0.282 e. The van der Waals surface area contributed by atoms with E-state index in [1.807, 2.05) is 37.3 Å². The zero-order valence-electron chi connectivity index (χ0n) is 19.7. The molecule has 0 saturated heterocycles. The van der Waals surface area contributed by atoms with Crippen LogP contribution in [-0.4, -0.2) is 23.0 Å². The zero-order chi connectivity index (χ0) is 26.7. The number of ether oxygens (including phenoxy) is 2. The SMILES string of the molecule is CCCc1nc2ccc(Br)cc2c(=O)n1N=Cc1cc(OC)c(OCc2ccc(Br)cc2Br)c(Br)c1Br. The predicted octanol–water partition coefficient (Wildman–Crippen LogP) is 8.63. The molecule has 0 spiro atoms. The van der Waals surface area contributed by atoms with Gasteiger partial charge in [0.2, 0.25) is 0 Å². The molecular weight excluding hydrogens is 802 g/mol. The highest BCUT2D eigenvalue weighted by Gasteiger charge is 2.18. The van der Waals surface area contributed by atoms with Crippen molar-refractivity contribution >= 4 is 96.8 Å². The molecule has 0 N–H and O–H groups in total. The average molecular weight is 822 g/mol. The first-order valence-electron chi connectivity index (χ1n) is 11.1. The van der Waals surface area contributed by atoms with Gasteiger partial charge in [0.15, 0.2) is 11.5 Å². The first-order valence-corrected chi connectivity index (χ1v) is 15.1. The van der Waals surface area contributed by atoms with Crippen LogP contribution in [0.15, 0.2) is 74.7 Å². The van der Waals surface area contributed by atoms with Gasteiger partial charge in [-0.2, -0.15) is 9.78 Å². The fourth-order valence-corrected chi connectivity index (χ4v) is 6.05. The summed E-state index contributed by atoms with van der Waals surface area (Å²) < 4.78 is 17.2. The van der Waals surface area contributed by atoms with Crippen LogP contribution in [0.4, 0.5) is 0 Å². The van der Waals surface area contributed by atoms with Gasteiger partial charge in [-0.25, -0.2) is 4.98 Å². The van der Waals surface area contributed by atoms with Gasteiger partial charge in [0, 0.05) is 35.4 Å². The van der Waals surface area contributed by atoms with Crippen LogP contribution in [0, 0.1) is 0 Å². The fraction of sp³-hybridized carbons (Fsp3) is 0.192. The number of aryl methyl sites for hydroxylation is 1. The molecule has 0 saturated carbocycles. The summed E-state index contributed by atoms with van der Waals surface area (Å²) in [5.41, 5.74) is 2.10. The van der Waals surface area contributed by atoms with Crippen molar-refractivity contribution in [3.05, 3.63) is 92.1 Å². The number of rotatable bonds is 8. The summed E-state index contributed by atoms with van der Waals surface area (Å²) in [6.07, 6.45) is 3.05. The molecule has 0 atom stereocenters. The molecule has 11 heteroatoms. The van der Waals surface area contributed by atoms with Gasteiger partial charge in [-0.15, -0.1) is 0 Å². The normalized spacial score (nSPS) is 11.4. The van der Waals surface area contributed by atoms with Crippen LogP contribution < -0.4 is 15.0 Å². The van der Waals surface area contributed by atoms with E-state index in [-0.39, 0.29) is 5.56 Å². The van der Waals surface area contributed by atoms with Crippen molar-refractivity contribution in [2.45, 2.75) is 26.4 Å². The number of halogens is 5. The van der Waals surface area contributed by atoms with Crippen molar-refractivity contribution in [1.29, 1.82) is 0 Å². The Morgan fingerprint density at radius 1 is 1.00 bits per heavy atom. The molecule has 0 amide bonds. The maximum absolute atomic E-state index is 13.3. The van der Waals surface area contributed by atoms with Gasteiger partial charge in [0.25, 0.3) is 5.56 Å². The molecule has 0 aliphatic heterocycles. The summed E-state index contributed by atoms with van der Waals surface area (Å²) in [6, 6.07) is 13.2. The molecule has 4 aromatic rings. The van der Waals surface area contributed by atoms with Crippen LogP contribution in [0.1, 0.15) is 30.3 Å². The number of hydrogen-bond donors (Lipinski definition) is 0. The third kappa shape index (κ3) is 6.38. The fourth-order valence-electron chi connectivity index (χ4n) is 3.59. The molecule has 3 aromatic carbocycles. The van der Waals surface area contributed by atoms with E-state index >= 15 is 0 Å². The predicted molar refractivity (Wildman–Crippen MR) is 165 cm³/mol. The van der Waals surface area contributed by atoms with Gasteiger partial charge in [0.05, 0.1) is 28.7 Å². The maximum atomic E-state index is 13.3. The van der Waals surface area contributed by atoms with E-state index in [4.69, 9.17) is 9.47 Å². The minimum atomic E-state index is -0.229. The average Bonchev–Trinajstić information content (AvgIpc) is 2.87. The van der Waals surface area contributed by atoms with Crippen LogP contribution in [0.25, 0.3) is 10.9 Å². The van der Waals surface area contributed by atoms with Crippen molar-refractivity contribution in [2.24, 2.45) is 5.10 Å². The largest absolute Gasteiger partial charge is 0.493 e. The smallest absolute Gasteiger partial charge is 0.282 e. The van der Waals surface area contributed by atoms with Gasteiger partial charge < -0.3 is 9.47 Å². The van der Waals surface area contributed by atoms with Gasteiger partial charge in [-0.05, 0) is 74.7 Å². The van der Waals surface area contributed by atoms with Gasteiger partial charge in [-0.1, -0.05) is 60.8 Å². The van der Waals surface area contributed by atoms with E-state index in [0.29, 0.717) is 55.8 Å². The van der Waals surface area contributed by atoms with Gasteiger partial charge in [-0.3, -0.25) is 4.79 Å². The van der Waals surface area contributed by atoms with Crippen LogP contribution >= 0.6 is 79.6 Å². The highest BCUT2D eigenvalue weighted by molar-refractivity contribution is 9.13. The first-order chi connectivity index (χ1) is 17.7. The number of hydrogen-bond acceptors (Lipinski definition) is 5. The van der Waals surface area contributed by atoms with E-state index < -0.39 is 0 Å². The minimum Gasteiger partial charge on any atom is -0.493 e. The molecule has 37 heavy (non-hydrogen) atoms. The molecular formula is C26H20Br5N3O3. The molecule has 0 radical (unpaired) electrons. The number of fused-ring (bicyclic) bond motifs is 1. The van der Waals surface area contributed by atoms with E-state index in [2.05, 4.69) is 89.7 Å². The van der Waals surface area contributed by atoms with Crippen LogP contribution in [0.3, 0.4) is 0 Å². The van der Waals surface area contributed by atoms with Crippen LogP contribution in [-0.2, 0) is 13.0 Å². The molecule has 0 aliphatic rings. The Kier molecular flexibility index (Phi) is 9.66. The summed E-state index contributed by atoms with van der Waals surface area (Å²) >= 11 is 17.7. The molecule has 1 heterocycles. The number of nitrogens with zero attached hydrogens (tertiary/aromatic N) is 3. The molecule has 4 rings (SSSR count). The zero-order valence-corrected chi connectivity index (χ0v) is 27.6. The van der Waals surface area contributed by atoms with Crippen molar-refractivity contribution in [3.63, 3.8) is 0 Å². The van der Waals surface area contributed by atoms with Crippen molar-refractivity contribution in [1.82, 2.24) is 9.66 Å². The Morgan fingerprint density at radius 2 is 1.73 bits per heavy atom. The molecule has 1 aromatic heterocycles. The number of methoxy groups -OCH3 is 1. The van der Waals surface area contributed by atoms with Gasteiger partial charge >= 0.3 is 0 Å². The standard InChI is InChI=1S/C26H20Br5N3O3/c1-3-4-22-33-20-8-7-16(27)10-18(20)26(35)34(22)32-12-15-9-21(36-2)25(24(31)23(15)30)37-13-14-5-6-17(28)11-19(14)29/h5-12H,3-4,13H2,1-2H3. The summed E-state index contributed by atoms with van der Waals surface area (Å²) in [4.78, 5) is 18.0. The second-order valence-electron chi connectivity index (χ2n) is 7.95. The van der Waals surface area contributed by atoms with Crippen LogP contribution in [0.5, 0.6) is 11.5 Å². The monoisotopic (exact) mass is 817 g/mol. The lowest BCUT2D eigenvalue weighted by atomic mass is 10.2. The Labute approximate surface area is 256 Å². The highest BCUT2D eigenvalue weighted by Crippen LogP contribution is 2.43. The first kappa shape index (κ1) is 28.5. The van der Waals surface area contributed by atoms with E-state index in [1.54, 1.807) is 25.5 Å². The van der Waals surface area contributed by atoms with E-state index in [9.17, 15) is 4.79 Å². The van der Waals surface area contributed by atoms with Gasteiger partial charge in [0.1, 0.15) is 12.4 Å². The molecule has 0 aliphatic carbocycles. The van der Waals surface area contributed by atoms with Crippen molar-refractivity contribution < 1.29 is 9.47 Å². The molecule has 0 fully saturated rings. The Balaban J connectivity index is 1.72. The minimum absolute atomic E-state index is 0.229. The van der Waals surface area contributed by atoms with E-state index in [1.165, 1.54) is 4.68 Å².